The molecular formula is C23H28B2N4O5. The average molecular weight is 462 g/mol. The molecule has 176 valence electrons. The SMILES string of the molecule is [B]C(=O)NC(Cc1ccccn1)C(=O)N1CCC[C@H]1C(=O)OCc1ccccc1CNB(C)O. The Labute approximate surface area is 200 Å². The molecule has 1 aromatic carbocycles. The number of carbonyl (C=O) groups is 3. The maximum absolute atomic E-state index is 13.3. The van der Waals surface area contributed by atoms with Crippen molar-refractivity contribution in [2.75, 3.05) is 6.54 Å². The van der Waals surface area contributed by atoms with Crippen LogP contribution in [0, 0.1) is 0 Å². The topological polar surface area (TPSA) is 121 Å². The first-order valence-corrected chi connectivity index (χ1v) is 11.3. The normalized spacial score (nSPS) is 16.1. The first kappa shape index (κ1) is 25.5. The number of carbonyl (C=O) groups excluding carboxylic acids is 3. The summed E-state index contributed by atoms with van der Waals surface area (Å²) in [7, 11) is 4.63. The smallest absolute Gasteiger partial charge is 0.373 e. The van der Waals surface area contributed by atoms with Gasteiger partial charge in [0.25, 0.3) is 0 Å². The minimum atomic E-state index is -0.937. The van der Waals surface area contributed by atoms with E-state index in [9.17, 15) is 19.4 Å². The molecule has 1 aliphatic rings. The molecule has 9 nitrogen and oxygen atoms in total. The highest BCUT2D eigenvalue weighted by molar-refractivity contribution is 6.57. The zero-order valence-electron chi connectivity index (χ0n) is 19.1. The number of nitrogens with zero attached hydrogens (tertiary/aromatic N) is 2. The molecule has 0 aliphatic carbocycles. The summed E-state index contributed by atoms with van der Waals surface area (Å²) in [5.74, 6) is -1.72. The average Bonchev–Trinajstić information content (AvgIpc) is 3.31. The lowest BCUT2D eigenvalue weighted by atomic mass is 9.88. The number of amides is 2. The highest BCUT2D eigenvalue weighted by Gasteiger charge is 2.38. The summed E-state index contributed by atoms with van der Waals surface area (Å²) in [6.07, 6.45) is 2.88. The summed E-state index contributed by atoms with van der Waals surface area (Å²) in [4.78, 5) is 43.4. The van der Waals surface area contributed by atoms with Gasteiger partial charge in [0.1, 0.15) is 18.7 Å². The maximum Gasteiger partial charge on any atom is 0.373 e. The van der Waals surface area contributed by atoms with Crippen LogP contribution in [0.4, 0.5) is 4.79 Å². The largest absolute Gasteiger partial charge is 0.459 e. The maximum atomic E-state index is 13.3. The van der Waals surface area contributed by atoms with Gasteiger partial charge in [-0.3, -0.25) is 14.6 Å². The van der Waals surface area contributed by atoms with E-state index in [1.165, 1.54) is 4.90 Å². The third kappa shape index (κ3) is 7.16. The van der Waals surface area contributed by atoms with Crippen molar-refractivity contribution in [2.24, 2.45) is 0 Å². The Morgan fingerprint density at radius 1 is 1.24 bits per heavy atom. The minimum absolute atomic E-state index is 0.0475. The predicted octanol–water partition coefficient (Wildman–Crippen LogP) is 0.805. The molecule has 2 atom stereocenters. The predicted molar refractivity (Wildman–Crippen MR) is 128 cm³/mol. The minimum Gasteiger partial charge on any atom is -0.459 e. The molecule has 2 heterocycles. The van der Waals surface area contributed by atoms with Crippen LogP contribution in [0.1, 0.15) is 29.7 Å². The zero-order valence-corrected chi connectivity index (χ0v) is 19.1. The third-order valence-electron chi connectivity index (χ3n) is 5.64. The molecular weight excluding hydrogens is 434 g/mol. The molecule has 1 unspecified atom stereocenters. The standard InChI is InChI=1S/C23H28B2N4O5/c1-25(33)27-14-16-7-2-3-8-17(16)15-34-22(31)20-10-6-12-29(20)21(30)19(28-23(24)32)13-18-9-4-5-11-26-18/h2-5,7-9,11,19-20,27,33H,6,10,12-15H2,1H3,(H,28,32)/t19?,20-/m0/s1. The molecule has 1 aromatic heterocycles. The van der Waals surface area contributed by atoms with Crippen LogP contribution in [0.2, 0.25) is 6.82 Å². The van der Waals surface area contributed by atoms with Gasteiger partial charge in [0.05, 0.1) is 0 Å². The van der Waals surface area contributed by atoms with E-state index in [0.717, 1.165) is 11.1 Å². The fourth-order valence-electron chi connectivity index (χ4n) is 3.95. The first-order chi connectivity index (χ1) is 16.3. The Bertz CT molecular complexity index is 992. The monoisotopic (exact) mass is 462 g/mol. The van der Waals surface area contributed by atoms with Gasteiger partial charge in [0.15, 0.2) is 5.81 Å². The van der Waals surface area contributed by atoms with Crippen LogP contribution in [0.25, 0.3) is 0 Å². The Kier molecular flexibility index (Phi) is 9.24. The fourth-order valence-corrected chi connectivity index (χ4v) is 3.95. The number of hydrogen-bond donors (Lipinski definition) is 3. The molecule has 2 amide bonds. The van der Waals surface area contributed by atoms with E-state index < -0.39 is 36.8 Å². The van der Waals surface area contributed by atoms with Crippen LogP contribution in [0.3, 0.4) is 0 Å². The van der Waals surface area contributed by atoms with Gasteiger partial charge in [-0.15, -0.1) is 0 Å². The highest BCUT2D eigenvalue weighted by atomic mass is 16.5. The lowest BCUT2D eigenvalue weighted by Gasteiger charge is -2.28. The van der Waals surface area contributed by atoms with Gasteiger partial charge in [0.2, 0.25) is 13.8 Å². The zero-order chi connectivity index (χ0) is 24.5. The second-order valence-electron chi connectivity index (χ2n) is 8.21. The second-order valence-corrected chi connectivity index (χ2v) is 8.21. The molecule has 0 saturated carbocycles. The van der Waals surface area contributed by atoms with E-state index in [0.29, 0.717) is 31.6 Å². The number of ether oxygens (including phenoxy) is 1. The van der Waals surface area contributed by atoms with Crippen molar-refractivity contribution in [2.45, 2.75) is 51.3 Å². The molecule has 0 bridgehead atoms. The Balaban J connectivity index is 1.66. The van der Waals surface area contributed by atoms with E-state index in [1.807, 2.05) is 24.3 Å². The van der Waals surface area contributed by atoms with Crippen LogP contribution in [0.5, 0.6) is 0 Å². The fraction of sp³-hybridized carbons (Fsp3) is 0.391. The lowest BCUT2D eigenvalue weighted by Crippen LogP contribution is -2.52. The van der Waals surface area contributed by atoms with Crippen LogP contribution >= 0.6 is 0 Å². The van der Waals surface area contributed by atoms with Gasteiger partial charge in [-0.05, 0) is 42.9 Å². The van der Waals surface area contributed by atoms with Gasteiger partial charge in [-0.1, -0.05) is 30.3 Å². The van der Waals surface area contributed by atoms with Crippen molar-refractivity contribution in [1.29, 1.82) is 0 Å². The van der Waals surface area contributed by atoms with Crippen LogP contribution in [0.15, 0.2) is 48.7 Å². The summed E-state index contributed by atoms with van der Waals surface area (Å²) in [6.45, 7) is 2.48. The van der Waals surface area contributed by atoms with E-state index >= 15 is 0 Å². The quantitative estimate of drug-likeness (QED) is 0.353. The molecule has 1 fully saturated rings. The summed E-state index contributed by atoms with van der Waals surface area (Å²) in [5, 5.41) is 14.9. The molecule has 3 N–H and O–H groups in total. The molecule has 1 aliphatic heterocycles. The van der Waals surface area contributed by atoms with E-state index in [4.69, 9.17) is 12.6 Å². The van der Waals surface area contributed by atoms with Crippen LogP contribution < -0.4 is 10.5 Å². The van der Waals surface area contributed by atoms with Crippen molar-refractivity contribution in [3.63, 3.8) is 0 Å². The van der Waals surface area contributed by atoms with Gasteiger partial charge < -0.3 is 25.2 Å². The molecule has 2 aromatic rings. The number of benzene rings is 1. The van der Waals surface area contributed by atoms with Crippen molar-refractivity contribution >= 4 is 32.6 Å². The molecule has 3 rings (SSSR count). The Hall–Kier alpha value is -3.17. The van der Waals surface area contributed by atoms with Crippen LogP contribution in [-0.4, -0.2) is 66.1 Å². The molecule has 34 heavy (non-hydrogen) atoms. The van der Waals surface area contributed by atoms with E-state index in [1.54, 1.807) is 31.2 Å². The number of likely N-dealkylation sites (tertiary alicyclic amines) is 1. The molecule has 11 heteroatoms. The van der Waals surface area contributed by atoms with Crippen molar-refractivity contribution < 1.29 is 24.1 Å². The molecule has 2 radical (unpaired) electrons. The Morgan fingerprint density at radius 3 is 2.65 bits per heavy atom. The van der Waals surface area contributed by atoms with Crippen molar-refractivity contribution in [3.05, 3.63) is 65.5 Å². The number of rotatable bonds is 10. The van der Waals surface area contributed by atoms with Gasteiger partial charge in [0, 0.05) is 31.4 Å². The number of aromatic nitrogens is 1. The van der Waals surface area contributed by atoms with E-state index in [-0.39, 0.29) is 13.0 Å². The number of nitrogens with one attached hydrogen (secondary N) is 2. The number of hydrogen-bond acceptors (Lipinski definition) is 7. The third-order valence-corrected chi connectivity index (χ3v) is 5.64. The van der Waals surface area contributed by atoms with Gasteiger partial charge in [-0.25, -0.2) is 4.79 Å². The summed E-state index contributed by atoms with van der Waals surface area (Å²) in [5.41, 5.74) is 2.33. The van der Waals surface area contributed by atoms with Crippen molar-refractivity contribution in [1.82, 2.24) is 20.4 Å². The summed E-state index contributed by atoms with van der Waals surface area (Å²) < 4.78 is 5.57. The Morgan fingerprint density at radius 2 is 1.97 bits per heavy atom. The van der Waals surface area contributed by atoms with Crippen LogP contribution in [-0.2, 0) is 33.9 Å². The summed E-state index contributed by atoms with van der Waals surface area (Å²) in [6, 6.07) is 11.1. The number of esters is 1. The molecule has 1 saturated heterocycles. The van der Waals surface area contributed by atoms with Gasteiger partial charge >= 0.3 is 13.0 Å². The highest BCUT2D eigenvalue weighted by Crippen LogP contribution is 2.21. The second kappa shape index (κ2) is 12.3. The lowest BCUT2D eigenvalue weighted by molar-refractivity contribution is -0.155. The number of pyridine rings is 1. The first-order valence-electron chi connectivity index (χ1n) is 11.3. The van der Waals surface area contributed by atoms with Crippen molar-refractivity contribution in [3.8, 4) is 0 Å². The summed E-state index contributed by atoms with van der Waals surface area (Å²) >= 11 is 0. The molecule has 0 spiro atoms. The van der Waals surface area contributed by atoms with E-state index in [2.05, 4.69) is 15.5 Å². The van der Waals surface area contributed by atoms with Gasteiger partial charge in [-0.2, -0.15) is 0 Å².